The van der Waals surface area contributed by atoms with Crippen molar-refractivity contribution in [2.24, 2.45) is 5.41 Å². The van der Waals surface area contributed by atoms with E-state index in [2.05, 4.69) is 20.0 Å². The van der Waals surface area contributed by atoms with Gasteiger partial charge in [-0.2, -0.15) is 4.98 Å². The van der Waals surface area contributed by atoms with Crippen molar-refractivity contribution < 1.29 is 19.2 Å². The fourth-order valence-corrected chi connectivity index (χ4v) is 2.50. The molecule has 104 valence electrons. The molecule has 0 saturated heterocycles. The minimum atomic E-state index is -0.865. The molecule has 1 aromatic heterocycles. The van der Waals surface area contributed by atoms with Crippen LogP contribution in [0.2, 0.25) is 0 Å². The van der Waals surface area contributed by atoms with Crippen LogP contribution >= 0.6 is 0 Å². The first kappa shape index (κ1) is 13.5. The Balaban J connectivity index is 1.78. The Kier molecular flexibility index (Phi) is 4.13. The number of carboxylic acid groups (broad SMARTS) is 1. The van der Waals surface area contributed by atoms with E-state index in [-0.39, 0.29) is 12.3 Å². The first-order chi connectivity index (χ1) is 9.12. The van der Waals surface area contributed by atoms with E-state index in [1.807, 2.05) is 0 Å². The molecule has 1 fully saturated rings. The Morgan fingerprint density at radius 3 is 2.74 bits per heavy atom. The van der Waals surface area contributed by atoms with Crippen LogP contribution in [0.15, 0.2) is 10.9 Å². The van der Waals surface area contributed by atoms with E-state index < -0.39 is 11.4 Å². The SMILES string of the molecule is O=C(CC1(C(=O)O)CCCC1)NCCc1ncon1. The lowest BCUT2D eigenvalue weighted by molar-refractivity contribution is -0.151. The summed E-state index contributed by atoms with van der Waals surface area (Å²) in [5.41, 5.74) is -0.865. The molecule has 1 aromatic rings. The number of carboxylic acids is 1. The lowest BCUT2D eigenvalue weighted by Crippen LogP contribution is -2.36. The predicted molar refractivity (Wildman–Crippen MR) is 64.2 cm³/mol. The second-order valence-electron chi connectivity index (χ2n) is 4.92. The molecule has 7 heteroatoms. The average Bonchev–Trinajstić information content (AvgIpc) is 3.00. The van der Waals surface area contributed by atoms with Crippen LogP contribution in [0.3, 0.4) is 0 Å². The van der Waals surface area contributed by atoms with Crippen LogP contribution in [0.4, 0.5) is 0 Å². The van der Waals surface area contributed by atoms with Crippen LogP contribution in [-0.2, 0) is 16.0 Å². The summed E-state index contributed by atoms with van der Waals surface area (Å²) in [6.45, 7) is 0.383. The predicted octanol–water partition coefficient (Wildman–Crippen LogP) is 0.763. The number of aromatic nitrogens is 2. The molecule has 1 saturated carbocycles. The number of nitrogens with one attached hydrogen (secondary N) is 1. The molecule has 0 atom stereocenters. The minimum absolute atomic E-state index is 0.0502. The molecule has 1 amide bonds. The van der Waals surface area contributed by atoms with E-state index in [0.29, 0.717) is 31.6 Å². The van der Waals surface area contributed by atoms with Gasteiger partial charge in [0.1, 0.15) is 0 Å². The number of rotatable bonds is 6. The smallest absolute Gasteiger partial charge is 0.310 e. The number of hydrogen-bond donors (Lipinski definition) is 2. The summed E-state index contributed by atoms with van der Waals surface area (Å²) >= 11 is 0. The van der Waals surface area contributed by atoms with E-state index in [9.17, 15) is 14.7 Å². The maximum Gasteiger partial charge on any atom is 0.310 e. The fraction of sp³-hybridized carbons (Fsp3) is 0.667. The van der Waals surface area contributed by atoms with Crippen molar-refractivity contribution in [1.29, 1.82) is 0 Å². The molecule has 19 heavy (non-hydrogen) atoms. The van der Waals surface area contributed by atoms with Crippen LogP contribution in [-0.4, -0.2) is 33.7 Å². The van der Waals surface area contributed by atoms with Gasteiger partial charge in [-0.1, -0.05) is 18.0 Å². The van der Waals surface area contributed by atoms with Gasteiger partial charge in [0.25, 0.3) is 0 Å². The van der Waals surface area contributed by atoms with Crippen LogP contribution in [0, 0.1) is 5.41 Å². The van der Waals surface area contributed by atoms with Crippen LogP contribution < -0.4 is 5.32 Å². The summed E-state index contributed by atoms with van der Waals surface area (Å²) < 4.78 is 4.58. The maximum atomic E-state index is 11.8. The summed E-state index contributed by atoms with van der Waals surface area (Å²) in [6.07, 6.45) is 4.68. The zero-order valence-corrected chi connectivity index (χ0v) is 10.6. The van der Waals surface area contributed by atoms with Gasteiger partial charge in [0.15, 0.2) is 5.82 Å². The van der Waals surface area contributed by atoms with Crippen LogP contribution in [0.25, 0.3) is 0 Å². The van der Waals surface area contributed by atoms with Gasteiger partial charge in [0.05, 0.1) is 5.41 Å². The van der Waals surface area contributed by atoms with Gasteiger partial charge in [-0.05, 0) is 12.8 Å². The molecular formula is C12H17N3O4. The molecule has 1 aliphatic rings. The summed E-state index contributed by atoms with van der Waals surface area (Å²) in [6, 6.07) is 0. The Hall–Kier alpha value is -1.92. The Labute approximate surface area is 110 Å². The van der Waals surface area contributed by atoms with Gasteiger partial charge >= 0.3 is 5.97 Å². The van der Waals surface area contributed by atoms with Gasteiger partial charge in [-0.25, -0.2) is 0 Å². The highest BCUT2D eigenvalue weighted by atomic mass is 16.5. The normalized spacial score (nSPS) is 17.3. The van der Waals surface area contributed by atoms with Crippen molar-refractivity contribution in [2.45, 2.75) is 38.5 Å². The van der Waals surface area contributed by atoms with Gasteiger partial charge < -0.3 is 14.9 Å². The highest BCUT2D eigenvalue weighted by Gasteiger charge is 2.42. The zero-order chi connectivity index (χ0) is 13.7. The standard InChI is InChI=1S/C12H17N3O4/c16-10(13-6-3-9-14-8-19-15-9)7-12(11(17)18)4-1-2-5-12/h8H,1-7H2,(H,13,16)(H,17,18). The Morgan fingerprint density at radius 1 is 1.42 bits per heavy atom. The van der Waals surface area contributed by atoms with Crippen molar-refractivity contribution in [1.82, 2.24) is 15.5 Å². The second-order valence-corrected chi connectivity index (χ2v) is 4.92. The van der Waals surface area contributed by atoms with Crippen molar-refractivity contribution in [2.75, 3.05) is 6.54 Å². The largest absolute Gasteiger partial charge is 0.481 e. The summed E-state index contributed by atoms with van der Waals surface area (Å²) in [7, 11) is 0. The zero-order valence-electron chi connectivity index (χ0n) is 10.6. The number of carbonyl (C=O) groups is 2. The third-order valence-corrected chi connectivity index (χ3v) is 3.59. The molecule has 0 bridgehead atoms. The summed E-state index contributed by atoms with van der Waals surface area (Å²) in [5.74, 6) is -0.569. The summed E-state index contributed by atoms with van der Waals surface area (Å²) in [4.78, 5) is 26.9. The number of aliphatic carboxylic acids is 1. The Bertz CT molecular complexity index is 438. The number of nitrogens with zero attached hydrogens (tertiary/aromatic N) is 2. The lowest BCUT2D eigenvalue weighted by atomic mass is 9.82. The Morgan fingerprint density at radius 2 is 2.16 bits per heavy atom. The van der Waals surface area contributed by atoms with Gasteiger partial charge in [0.2, 0.25) is 12.3 Å². The highest BCUT2D eigenvalue weighted by molar-refractivity contribution is 5.85. The van der Waals surface area contributed by atoms with E-state index in [0.717, 1.165) is 12.8 Å². The van der Waals surface area contributed by atoms with E-state index in [1.165, 1.54) is 6.39 Å². The number of carbonyl (C=O) groups excluding carboxylic acids is 1. The van der Waals surface area contributed by atoms with Gasteiger partial charge in [-0.15, -0.1) is 0 Å². The van der Waals surface area contributed by atoms with Crippen molar-refractivity contribution >= 4 is 11.9 Å². The highest BCUT2D eigenvalue weighted by Crippen LogP contribution is 2.41. The second kappa shape index (κ2) is 5.81. The first-order valence-electron chi connectivity index (χ1n) is 6.38. The molecule has 1 heterocycles. The maximum absolute atomic E-state index is 11.8. The molecule has 0 unspecified atom stereocenters. The minimum Gasteiger partial charge on any atom is -0.481 e. The summed E-state index contributed by atoms with van der Waals surface area (Å²) in [5, 5.41) is 15.6. The molecule has 2 rings (SSSR count). The molecule has 1 aliphatic carbocycles. The van der Waals surface area contributed by atoms with Crippen LogP contribution in [0.5, 0.6) is 0 Å². The third kappa shape index (κ3) is 3.30. The molecule has 0 radical (unpaired) electrons. The van der Waals surface area contributed by atoms with E-state index in [1.54, 1.807) is 0 Å². The molecule has 7 nitrogen and oxygen atoms in total. The number of hydrogen-bond acceptors (Lipinski definition) is 5. The fourth-order valence-electron chi connectivity index (χ4n) is 2.50. The number of amides is 1. The van der Waals surface area contributed by atoms with Crippen molar-refractivity contribution in [3.8, 4) is 0 Å². The van der Waals surface area contributed by atoms with Crippen molar-refractivity contribution in [3.05, 3.63) is 12.2 Å². The molecule has 2 N–H and O–H groups in total. The topological polar surface area (TPSA) is 105 Å². The quantitative estimate of drug-likeness (QED) is 0.788. The van der Waals surface area contributed by atoms with Crippen molar-refractivity contribution in [3.63, 3.8) is 0 Å². The molecule has 0 spiro atoms. The third-order valence-electron chi connectivity index (χ3n) is 3.59. The lowest BCUT2D eigenvalue weighted by Gasteiger charge is -2.22. The molecule has 0 aromatic carbocycles. The first-order valence-corrected chi connectivity index (χ1v) is 6.38. The molecular weight excluding hydrogens is 250 g/mol. The van der Waals surface area contributed by atoms with Gasteiger partial charge in [-0.3, -0.25) is 9.59 Å². The van der Waals surface area contributed by atoms with Gasteiger partial charge in [0, 0.05) is 19.4 Å². The monoisotopic (exact) mass is 267 g/mol. The van der Waals surface area contributed by atoms with E-state index >= 15 is 0 Å². The van der Waals surface area contributed by atoms with Crippen LogP contribution in [0.1, 0.15) is 37.9 Å². The van der Waals surface area contributed by atoms with E-state index in [4.69, 9.17) is 0 Å². The molecule has 0 aliphatic heterocycles. The average molecular weight is 267 g/mol.